The van der Waals surface area contributed by atoms with Crippen molar-refractivity contribution in [3.8, 4) is 28.0 Å². The molecule has 23 heavy (non-hydrogen) atoms. The molecule has 0 aliphatic heterocycles. The Kier molecular flexibility index (Phi) is 4.74. The van der Waals surface area contributed by atoms with E-state index in [2.05, 4.69) is 60.7 Å². The number of ether oxygens (including phenoxy) is 2. The van der Waals surface area contributed by atoms with Crippen LogP contribution >= 0.6 is 0 Å². The van der Waals surface area contributed by atoms with Gasteiger partial charge in [-0.15, -0.1) is 0 Å². The van der Waals surface area contributed by atoms with Crippen LogP contribution in [-0.4, -0.2) is 14.2 Å². The zero-order valence-corrected chi connectivity index (χ0v) is 13.5. The second-order valence-corrected chi connectivity index (χ2v) is 5.44. The zero-order valence-electron chi connectivity index (χ0n) is 13.5. The summed E-state index contributed by atoms with van der Waals surface area (Å²) in [5, 5.41) is 0. The minimum Gasteiger partial charge on any atom is -0.497 e. The van der Waals surface area contributed by atoms with E-state index in [4.69, 9.17) is 9.47 Å². The van der Waals surface area contributed by atoms with E-state index in [-0.39, 0.29) is 0 Å². The lowest BCUT2D eigenvalue weighted by atomic mass is 9.99. The fourth-order valence-corrected chi connectivity index (χ4v) is 2.60. The Bertz CT molecular complexity index is 741. The predicted octanol–water partition coefficient (Wildman–Crippen LogP) is 5.18. The topological polar surface area (TPSA) is 18.5 Å². The van der Waals surface area contributed by atoms with Crippen LogP contribution < -0.4 is 4.74 Å². The standard InChI is InChI=1S/C21H20O2/c1-22-15-16-3-5-17(6-4-16)18-7-9-19(10-8-18)20-11-13-21(23-2)14-12-20/h3-14H,15H2,1-2H3. The van der Waals surface area contributed by atoms with Crippen molar-refractivity contribution in [2.75, 3.05) is 14.2 Å². The van der Waals surface area contributed by atoms with Gasteiger partial charge in [-0.25, -0.2) is 0 Å². The SMILES string of the molecule is COCc1ccc(-c2ccc(-c3ccc(OC)cc3)cc2)cc1. The van der Waals surface area contributed by atoms with Gasteiger partial charge in [0.2, 0.25) is 0 Å². The van der Waals surface area contributed by atoms with E-state index in [0.717, 1.165) is 5.75 Å². The van der Waals surface area contributed by atoms with Crippen molar-refractivity contribution in [3.05, 3.63) is 78.4 Å². The summed E-state index contributed by atoms with van der Waals surface area (Å²) in [6.07, 6.45) is 0. The normalized spacial score (nSPS) is 10.5. The first kappa shape index (κ1) is 15.3. The highest BCUT2D eigenvalue weighted by atomic mass is 16.5. The van der Waals surface area contributed by atoms with Gasteiger partial charge in [0, 0.05) is 7.11 Å². The average Bonchev–Trinajstić information content (AvgIpc) is 2.63. The highest BCUT2D eigenvalue weighted by Crippen LogP contribution is 2.26. The third kappa shape index (κ3) is 3.61. The average molecular weight is 304 g/mol. The van der Waals surface area contributed by atoms with Crippen molar-refractivity contribution >= 4 is 0 Å². The van der Waals surface area contributed by atoms with Gasteiger partial charge in [-0.2, -0.15) is 0 Å². The molecule has 0 spiro atoms. The van der Waals surface area contributed by atoms with E-state index in [1.54, 1.807) is 14.2 Å². The van der Waals surface area contributed by atoms with Gasteiger partial charge in [0.1, 0.15) is 5.75 Å². The molecule has 0 atom stereocenters. The summed E-state index contributed by atoms with van der Waals surface area (Å²) in [6, 6.07) is 25.2. The highest BCUT2D eigenvalue weighted by Gasteiger charge is 2.01. The van der Waals surface area contributed by atoms with Gasteiger partial charge in [0.15, 0.2) is 0 Å². The first-order chi connectivity index (χ1) is 11.3. The maximum absolute atomic E-state index is 5.20. The number of methoxy groups -OCH3 is 2. The van der Waals surface area contributed by atoms with E-state index in [0.29, 0.717) is 6.61 Å². The van der Waals surface area contributed by atoms with Gasteiger partial charge in [-0.05, 0) is 39.9 Å². The molecule has 0 saturated heterocycles. The maximum Gasteiger partial charge on any atom is 0.118 e. The van der Waals surface area contributed by atoms with Crippen LogP contribution in [0.3, 0.4) is 0 Å². The Morgan fingerprint density at radius 2 is 0.957 bits per heavy atom. The van der Waals surface area contributed by atoms with Crippen LogP contribution in [0.4, 0.5) is 0 Å². The molecule has 116 valence electrons. The van der Waals surface area contributed by atoms with Crippen molar-refractivity contribution in [1.29, 1.82) is 0 Å². The molecule has 0 unspecified atom stereocenters. The van der Waals surface area contributed by atoms with E-state index >= 15 is 0 Å². The molecule has 0 N–H and O–H groups in total. The molecular weight excluding hydrogens is 284 g/mol. The molecule has 0 heterocycles. The molecule has 0 aromatic heterocycles. The molecule has 0 fully saturated rings. The first-order valence-corrected chi connectivity index (χ1v) is 7.63. The molecule has 0 radical (unpaired) electrons. The quantitative estimate of drug-likeness (QED) is 0.647. The van der Waals surface area contributed by atoms with Crippen LogP contribution in [0.1, 0.15) is 5.56 Å². The third-order valence-corrected chi connectivity index (χ3v) is 3.91. The summed E-state index contributed by atoms with van der Waals surface area (Å²) in [6.45, 7) is 0.649. The summed E-state index contributed by atoms with van der Waals surface area (Å²) in [7, 11) is 3.40. The summed E-state index contributed by atoms with van der Waals surface area (Å²) in [5.74, 6) is 0.876. The van der Waals surface area contributed by atoms with E-state index < -0.39 is 0 Å². The smallest absolute Gasteiger partial charge is 0.118 e. The Morgan fingerprint density at radius 1 is 0.565 bits per heavy atom. The molecule has 3 aromatic carbocycles. The first-order valence-electron chi connectivity index (χ1n) is 7.63. The Balaban J connectivity index is 1.80. The Hall–Kier alpha value is -2.58. The number of hydrogen-bond donors (Lipinski definition) is 0. The van der Waals surface area contributed by atoms with Crippen LogP contribution in [0.25, 0.3) is 22.3 Å². The Labute approximate surface area is 137 Å². The molecule has 3 aromatic rings. The lowest BCUT2D eigenvalue weighted by Gasteiger charge is -2.07. The minimum atomic E-state index is 0.649. The lowest BCUT2D eigenvalue weighted by Crippen LogP contribution is -1.87. The van der Waals surface area contributed by atoms with Crippen molar-refractivity contribution in [2.24, 2.45) is 0 Å². The summed E-state index contributed by atoms with van der Waals surface area (Å²) < 4.78 is 10.3. The lowest BCUT2D eigenvalue weighted by molar-refractivity contribution is 0.185. The molecule has 0 bridgehead atoms. The molecule has 0 aliphatic rings. The van der Waals surface area contributed by atoms with Crippen LogP contribution in [0.5, 0.6) is 5.75 Å². The van der Waals surface area contributed by atoms with Gasteiger partial charge in [0.05, 0.1) is 13.7 Å². The second-order valence-electron chi connectivity index (χ2n) is 5.44. The van der Waals surface area contributed by atoms with Crippen LogP contribution in [0.2, 0.25) is 0 Å². The monoisotopic (exact) mass is 304 g/mol. The Morgan fingerprint density at radius 3 is 1.35 bits per heavy atom. The van der Waals surface area contributed by atoms with E-state index in [1.165, 1.54) is 27.8 Å². The van der Waals surface area contributed by atoms with Crippen molar-refractivity contribution in [1.82, 2.24) is 0 Å². The van der Waals surface area contributed by atoms with Crippen molar-refractivity contribution in [3.63, 3.8) is 0 Å². The minimum absolute atomic E-state index is 0.649. The summed E-state index contributed by atoms with van der Waals surface area (Å²) >= 11 is 0. The van der Waals surface area contributed by atoms with Gasteiger partial charge in [-0.1, -0.05) is 60.7 Å². The fraction of sp³-hybridized carbons (Fsp3) is 0.143. The van der Waals surface area contributed by atoms with Crippen LogP contribution in [-0.2, 0) is 11.3 Å². The van der Waals surface area contributed by atoms with Crippen LogP contribution in [0.15, 0.2) is 72.8 Å². The predicted molar refractivity (Wildman–Crippen MR) is 94.6 cm³/mol. The number of benzene rings is 3. The van der Waals surface area contributed by atoms with Gasteiger partial charge in [-0.3, -0.25) is 0 Å². The largest absolute Gasteiger partial charge is 0.497 e. The maximum atomic E-state index is 5.20. The zero-order chi connectivity index (χ0) is 16.1. The molecule has 2 nitrogen and oxygen atoms in total. The van der Waals surface area contributed by atoms with E-state index in [9.17, 15) is 0 Å². The molecule has 0 aliphatic carbocycles. The highest BCUT2D eigenvalue weighted by molar-refractivity contribution is 5.70. The van der Waals surface area contributed by atoms with Gasteiger partial charge >= 0.3 is 0 Å². The van der Waals surface area contributed by atoms with Gasteiger partial charge in [0.25, 0.3) is 0 Å². The fourth-order valence-electron chi connectivity index (χ4n) is 2.60. The third-order valence-electron chi connectivity index (χ3n) is 3.91. The molecule has 0 saturated carbocycles. The summed E-state index contributed by atoms with van der Waals surface area (Å²) in [4.78, 5) is 0. The van der Waals surface area contributed by atoms with Gasteiger partial charge < -0.3 is 9.47 Å². The molecule has 3 rings (SSSR count). The van der Waals surface area contributed by atoms with Crippen molar-refractivity contribution < 1.29 is 9.47 Å². The molecule has 0 amide bonds. The second kappa shape index (κ2) is 7.12. The van der Waals surface area contributed by atoms with E-state index in [1.807, 2.05) is 12.1 Å². The molecule has 2 heteroatoms. The number of hydrogen-bond acceptors (Lipinski definition) is 2. The molecular formula is C21H20O2. The van der Waals surface area contributed by atoms with Crippen molar-refractivity contribution in [2.45, 2.75) is 6.61 Å². The summed E-state index contributed by atoms with van der Waals surface area (Å²) in [5.41, 5.74) is 6.00. The van der Waals surface area contributed by atoms with Crippen LogP contribution in [0, 0.1) is 0 Å². The number of rotatable bonds is 5.